The van der Waals surface area contributed by atoms with Gasteiger partial charge in [-0.3, -0.25) is 14.4 Å². The standard InChI is InChI=1S/C34H50N4O5/c1-7-8-9-10-11-15-21-38(32(41)27(22-28(35)39)37-33(42)43-34(4,5)6)30(29-24(2)17-16-18-25(29)3)31(40)36-23-26-19-13-12-14-20-26/h12-14,16-20,27,30H,7-11,15,21-23H2,1-6H3,(H2,35,39)(H,36,40)(H,37,42). The van der Waals surface area contributed by atoms with Crippen molar-refractivity contribution in [3.8, 4) is 0 Å². The van der Waals surface area contributed by atoms with Gasteiger partial charge in [-0.05, 0) is 63.3 Å². The third-order valence-corrected chi connectivity index (χ3v) is 7.12. The Bertz CT molecular complexity index is 1190. The highest BCUT2D eigenvalue weighted by Crippen LogP contribution is 2.29. The van der Waals surface area contributed by atoms with Crippen molar-refractivity contribution in [2.75, 3.05) is 6.54 Å². The van der Waals surface area contributed by atoms with Crippen molar-refractivity contribution >= 4 is 23.8 Å². The molecule has 4 amide bonds. The topological polar surface area (TPSA) is 131 Å². The molecule has 2 unspecified atom stereocenters. The summed E-state index contributed by atoms with van der Waals surface area (Å²) in [5, 5.41) is 5.57. The lowest BCUT2D eigenvalue weighted by atomic mass is 9.93. The van der Waals surface area contributed by atoms with Crippen molar-refractivity contribution in [1.29, 1.82) is 0 Å². The first-order valence-corrected chi connectivity index (χ1v) is 15.3. The number of rotatable bonds is 16. The fraction of sp³-hybridized carbons (Fsp3) is 0.529. The molecule has 9 nitrogen and oxygen atoms in total. The van der Waals surface area contributed by atoms with Crippen LogP contribution in [0.1, 0.15) is 101 Å². The maximum absolute atomic E-state index is 14.3. The Morgan fingerprint density at radius 3 is 2.07 bits per heavy atom. The zero-order valence-corrected chi connectivity index (χ0v) is 26.7. The molecule has 0 radical (unpaired) electrons. The number of ether oxygens (including phenoxy) is 1. The van der Waals surface area contributed by atoms with Gasteiger partial charge in [0.25, 0.3) is 0 Å². The maximum atomic E-state index is 14.3. The van der Waals surface area contributed by atoms with E-state index in [1.165, 1.54) is 4.90 Å². The Balaban J connectivity index is 2.53. The van der Waals surface area contributed by atoms with Crippen LogP contribution in [0.2, 0.25) is 0 Å². The van der Waals surface area contributed by atoms with E-state index in [0.717, 1.165) is 48.8 Å². The third-order valence-electron chi connectivity index (χ3n) is 7.12. The number of nitrogens with one attached hydrogen (secondary N) is 2. The number of aryl methyl sites for hydroxylation is 2. The van der Waals surface area contributed by atoms with E-state index >= 15 is 0 Å². The summed E-state index contributed by atoms with van der Waals surface area (Å²) in [5.41, 5.74) is 8.05. The van der Waals surface area contributed by atoms with Gasteiger partial charge in [0, 0.05) is 13.1 Å². The van der Waals surface area contributed by atoms with Crippen molar-refractivity contribution in [1.82, 2.24) is 15.5 Å². The number of nitrogens with two attached hydrogens (primary N) is 1. The number of hydrogen-bond donors (Lipinski definition) is 3. The second kappa shape index (κ2) is 17.3. The number of nitrogens with zero attached hydrogens (tertiary/aromatic N) is 1. The van der Waals surface area contributed by atoms with E-state index in [1.54, 1.807) is 20.8 Å². The van der Waals surface area contributed by atoms with E-state index in [4.69, 9.17) is 10.5 Å². The summed E-state index contributed by atoms with van der Waals surface area (Å²) in [6.45, 7) is 11.6. The van der Waals surface area contributed by atoms with Crippen molar-refractivity contribution in [3.63, 3.8) is 0 Å². The Morgan fingerprint density at radius 2 is 1.49 bits per heavy atom. The van der Waals surface area contributed by atoms with Gasteiger partial charge >= 0.3 is 6.09 Å². The molecule has 43 heavy (non-hydrogen) atoms. The quantitative estimate of drug-likeness (QED) is 0.217. The first-order valence-electron chi connectivity index (χ1n) is 15.3. The first kappa shape index (κ1) is 35.3. The highest BCUT2D eigenvalue weighted by atomic mass is 16.6. The molecule has 0 saturated heterocycles. The molecule has 0 aliphatic rings. The van der Waals surface area contributed by atoms with E-state index in [2.05, 4.69) is 17.6 Å². The van der Waals surface area contributed by atoms with Crippen LogP contribution in [0, 0.1) is 13.8 Å². The lowest BCUT2D eigenvalue weighted by Crippen LogP contribution is -2.54. The molecule has 236 valence electrons. The average Bonchev–Trinajstić information content (AvgIpc) is 2.92. The van der Waals surface area contributed by atoms with E-state index in [0.29, 0.717) is 12.0 Å². The van der Waals surface area contributed by atoms with E-state index in [9.17, 15) is 19.2 Å². The van der Waals surface area contributed by atoms with Crippen molar-refractivity contribution in [2.24, 2.45) is 5.73 Å². The number of alkyl carbamates (subject to hydrolysis) is 1. The molecule has 0 aliphatic heterocycles. The van der Waals surface area contributed by atoms with Gasteiger partial charge in [0.1, 0.15) is 17.7 Å². The molecule has 2 atom stereocenters. The van der Waals surface area contributed by atoms with E-state index in [1.807, 2.05) is 62.4 Å². The minimum absolute atomic E-state index is 0.257. The minimum Gasteiger partial charge on any atom is -0.444 e. The summed E-state index contributed by atoms with van der Waals surface area (Å²) in [5.74, 6) is -1.68. The molecular weight excluding hydrogens is 544 g/mol. The second-order valence-corrected chi connectivity index (χ2v) is 12.1. The molecule has 0 heterocycles. The number of primary amides is 1. The molecular formula is C34H50N4O5. The highest BCUT2D eigenvalue weighted by molar-refractivity contribution is 5.94. The Labute approximate surface area is 256 Å². The number of amides is 4. The molecule has 0 aliphatic carbocycles. The van der Waals surface area contributed by atoms with E-state index in [-0.39, 0.29) is 19.0 Å². The molecule has 0 fully saturated rings. The van der Waals surface area contributed by atoms with Crippen LogP contribution in [-0.4, -0.2) is 46.9 Å². The van der Waals surface area contributed by atoms with Gasteiger partial charge in [0.2, 0.25) is 17.7 Å². The largest absolute Gasteiger partial charge is 0.444 e. The Hall–Kier alpha value is -3.88. The lowest BCUT2D eigenvalue weighted by molar-refractivity contribution is -0.143. The molecule has 0 saturated carbocycles. The van der Waals surface area contributed by atoms with Gasteiger partial charge in [-0.1, -0.05) is 87.6 Å². The van der Waals surface area contributed by atoms with Crippen LogP contribution >= 0.6 is 0 Å². The van der Waals surface area contributed by atoms with Crippen LogP contribution in [0.25, 0.3) is 0 Å². The summed E-state index contributed by atoms with van der Waals surface area (Å²) >= 11 is 0. The molecule has 0 bridgehead atoms. The van der Waals surface area contributed by atoms with Crippen LogP contribution in [0.4, 0.5) is 4.79 Å². The normalized spacial score (nSPS) is 12.6. The highest BCUT2D eigenvalue weighted by Gasteiger charge is 2.38. The van der Waals surface area contributed by atoms with Crippen molar-refractivity contribution in [2.45, 2.75) is 111 Å². The SMILES string of the molecule is CCCCCCCCN(C(=O)C(CC(N)=O)NC(=O)OC(C)(C)C)C(C(=O)NCc1ccccc1)c1c(C)cccc1C. The molecule has 9 heteroatoms. The number of hydrogen-bond acceptors (Lipinski definition) is 5. The number of carbonyl (C=O) groups is 4. The summed E-state index contributed by atoms with van der Waals surface area (Å²) in [7, 11) is 0. The molecule has 2 rings (SSSR count). The fourth-order valence-corrected chi connectivity index (χ4v) is 5.05. The van der Waals surface area contributed by atoms with Gasteiger partial charge < -0.3 is 26.0 Å². The van der Waals surface area contributed by atoms with Gasteiger partial charge in [-0.25, -0.2) is 4.79 Å². The molecule has 0 spiro atoms. The van der Waals surface area contributed by atoms with E-state index < -0.39 is 42.0 Å². The fourth-order valence-electron chi connectivity index (χ4n) is 5.05. The zero-order valence-electron chi connectivity index (χ0n) is 26.7. The monoisotopic (exact) mass is 594 g/mol. The zero-order chi connectivity index (χ0) is 32.0. The van der Waals surface area contributed by atoms with Crippen LogP contribution in [0.15, 0.2) is 48.5 Å². The van der Waals surface area contributed by atoms with Gasteiger partial charge in [0.15, 0.2) is 0 Å². The van der Waals surface area contributed by atoms with Crippen LogP contribution in [0.5, 0.6) is 0 Å². The number of benzene rings is 2. The van der Waals surface area contributed by atoms with Crippen LogP contribution in [-0.2, 0) is 25.7 Å². The third kappa shape index (κ3) is 12.1. The average molecular weight is 595 g/mol. The second-order valence-electron chi connectivity index (χ2n) is 12.1. The predicted molar refractivity (Wildman–Crippen MR) is 169 cm³/mol. The molecule has 4 N–H and O–H groups in total. The Kier molecular flexibility index (Phi) is 14.2. The van der Waals surface area contributed by atoms with Crippen LogP contribution < -0.4 is 16.4 Å². The van der Waals surface area contributed by atoms with Crippen molar-refractivity contribution in [3.05, 3.63) is 70.8 Å². The van der Waals surface area contributed by atoms with Crippen molar-refractivity contribution < 1.29 is 23.9 Å². The predicted octanol–water partition coefficient (Wildman–Crippen LogP) is 5.62. The molecule has 0 aromatic heterocycles. The minimum atomic E-state index is -1.30. The van der Waals surface area contributed by atoms with Gasteiger partial charge in [0.05, 0.1) is 6.42 Å². The summed E-state index contributed by atoms with van der Waals surface area (Å²) in [6.07, 6.45) is 4.59. The number of unbranched alkanes of at least 4 members (excludes halogenated alkanes) is 5. The molecule has 2 aromatic rings. The lowest BCUT2D eigenvalue weighted by Gasteiger charge is -2.35. The summed E-state index contributed by atoms with van der Waals surface area (Å²) in [4.78, 5) is 54.7. The molecule has 2 aromatic carbocycles. The van der Waals surface area contributed by atoms with Crippen LogP contribution in [0.3, 0.4) is 0 Å². The number of carbonyl (C=O) groups excluding carboxylic acids is 4. The summed E-state index contributed by atoms with van der Waals surface area (Å²) in [6, 6.07) is 13.0. The first-order chi connectivity index (χ1) is 20.3. The summed E-state index contributed by atoms with van der Waals surface area (Å²) < 4.78 is 5.38. The maximum Gasteiger partial charge on any atom is 0.408 e. The van der Waals surface area contributed by atoms with Gasteiger partial charge in [-0.2, -0.15) is 0 Å². The smallest absolute Gasteiger partial charge is 0.408 e. The Morgan fingerprint density at radius 1 is 0.884 bits per heavy atom. The van der Waals surface area contributed by atoms with Gasteiger partial charge in [-0.15, -0.1) is 0 Å².